The Kier molecular flexibility index (Phi) is 4.31. The van der Waals surface area contributed by atoms with Crippen LogP contribution in [0, 0.1) is 0 Å². The standard InChI is InChI=1S/C18H21N3O4/c1-10(2)12-7-13(15(23)8-14(12)22)18(20-19)21(3)11-4-5-16-17(6-11)25-9-24-16/h4-8,10,22-23H,9,19H2,1-3H3. The van der Waals surface area contributed by atoms with Gasteiger partial charge < -0.3 is 30.4 Å². The van der Waals surface area contributed by atoms with Crippen LogP contribution < -0.4 is 20.2 Å². The summed E-state index contributed by atoms with van der Waals surface area (Å²) in [6.45, 7) is 4.10. The number of phenolic OH excluding ortho intramolecular Hbond substituents is 2. The molecule has 0 atom stereocenters. The number of phenols is 2. The molecular weight excluding hydrogens is 322 g/mol. The van der Waals surface area contributed by atoms with Gasteiger partial charge in [-0.25, -0.2) is 0 Å². The van der Waals surface area contributed by atoms with Gasteiger partial charge in [0.1, 0.15) is 11.5 Å². The summed E-state index contributed by atoms with van der Waals surface area (Å²) in [5, 5.41) is 24.2. The van der Waals surface area contributed by atoms with Gasteiger partial charge >= 0.3 is 0 Å². The lowest BCUT2D eigenvalue weighted by Gasteiger charge is -2.23. The van der Waals surface area contributed by atoms with Gasteiger partial charge in [-0.3, -0.25) is 0 Å². The van der Waals surface area contributed by atoms with Crippen LogP contribution in [0.5, 0.6) is 23.0 Å². The van der Waals surface area contributed by atoms with Gasteiger partial charge in [0.15, 0.2) is 17.3 Å². The second kappa shape index (κ2) is 6.43. The first-order chi connectivity index (χ1) is 11.9. The van der Waals surface area contributed by atoms with E-state index in [1.54, 1.807) is 24.1 Å². The maximum atomic E-state index is 10.3. The van der Waals surface area contributed by atoms with Crippen LogP contribution in [-0.4, -0.2) is 29.9 Å². The van der Waals surface area contributed by atoms with Crippen molar-refractivity contribution in [2.24, 2.45) is 10.9 Å². The third-order valence-electron chi connectivity index (χ3n) is 4.19. The van der Waals surface area contributed by atoms with E-state index in [2.05, 4.69) is 5.10 Å². The van der Waals surface area contributed by atoms with Crippen LogP contribution in [0.15, 0.2) is 35.4 Å². The average Bonchev–Trinajstić information content (AvgIpc) is 3.04. The molecule has 1 heterocycles. The predicted molar refractivity (Wildman–Crippen MR) is 95.6 cm³/mol. The minimum Gasteiger partial charge on any atom is -0.508 e. The fraction of sp³-hybridized carbons (Fsp3) is 0.278. The number of nitrogens with zero attached hydrogens (tertiary/aromatic N) is 2. The van der Waals surface area contributed by atoms with Crippen molar-refractivity contribution in [2.75, 3.05) is 18.7 Å². The molecule has 4 N–H and O–H groups in total. The molecule has 0 fully saturated rings. The Morgan fingerprint density at radius 1 is 1.12 bits per heavy atom. The van der Waals surface area contributed by atoms with Crippen LogP contribution in [0.2, 0.25) is 0 Å². The second-order valence-corrected chi connectivity index (χ2v) is 6.13. The summed E-state index contributed by atoms with van der Waals surface area (Å²) in [5.74, 6) is 7.30. The first-order valence-corrected chi connectivity index (χ1v) is 7.90. The summed E-state index contributed by atoms with van der Waals surface area (Å²) in [4.78, 5) is 1.73. The lowest BCUT2D eigenvalue weighted by atomic mass is 9.98. The molecule has 0 spiro atoms. The first kappa shape index (κ1) is 16.8. The van der Waals surface area contributed by atoms with Crippen LogP contribution >= 0.6 is 0 Å². The number of nitrogens with two attached hydrogens (primary N) is 1. The molecule has 0 amide bonds. The summed E-state index contributed by atoms with van der Waals surface area (Å²) in [6, 6.07) is 8.47. The van der Waals surface area contributed by atoms with E-state index in [1.807, 2.05) is 26.0 Å². The van der Waals surface area contributed by atoms with Crippen LogP contribution in [0.1, 0.15) is 30.9 Å². The van der Waals surface area contributed by atoms with Crippen molar-refractivity contribution in [3.05, 3.63) is 41.5 Å². The molecule has 1 aliphatic heterocycles. The molecule has 132 valence electrons. The van der Waals surface area contributed by atoms with Gasteiger partial charge in [-0.2, -0.15) is 5.10 Å². The fourth-order valence-electron chi connectivity index (χ4n) is 2.79. The smallest absolute Gasteiger partial charge is 0.231 e. The minimum absolute atomic E-state index is 0.0401. The normalized spacial score (nSPS) is 13.4. The first-order valence-electron chi connectivity index (χ1n) is 7.90. The summed E-state index contributed by atoms with van der Waals surface area (Å²) < 4.78 is 10.7. The van der Waals surface area contributed by atoms with Crippen molar-refractivity contribution in [1.29, 1.82) is 0 Å². The van der Waals surface area contributed by atoms with E-state index in [1.165, 1.54) is 6.07 Å². The molecule has 25 heavy (non-hydrogen) atoms. The minimum atomic E-state index is -0.0984. The maximum absolute atomic E-state index is 10.3. The molecule has 1 aliphatic rings. The van der Waals surface area contributed by atoms with Gasteiger partial charge in [0.25, 0.3) is 0 Å². The lowest BCUT2D eigenvalue weighted by Crippen LogP contribution is -2.28. The van der Waals surface area contributed by atoms with Crippen molar-refractivity contribution in [1.82, 2.24) is 0 Å². The molecule has 7 nitrogen and oxygen atoms in total. The number of aromatic hydroxyl groups is 2. The van der Waals surface area contributed by atoms with Gasteiger partial charge in [-0.05, 0) is 29.7 Å². The van der Waals surface area contributed by atoms with E-state index in [4.69, 9.17) is 15.3 Å². The number of anilines is 1. The molecule has 0 aromatic heterocycles. The highest BCUT2D eigenvalue weighted by atomic mass is 16.7. The highest BCUT2D eigenvalue weighted by Crippen LogP contribution is 2.37. The lowest BCUT2D eigenvalue weighted by molar-refractivity contribution is 0.174. The van der Waals surface area contributed by atoms with E-state index < -0.39 is 0 Å². The molecular formula is C18H21N3O4. The molecule has 3 rings (SSSR count). The maximum Gasteiger partial charge on any atom is 0.231 e. The molecule has 0 saturated carbocycles. The highest BCUT2D eigenvalue weighted by Gasteiger charge is 2.21. The average molecular weight is 343 g/mol. The summed E-state index contributed by atoms with van der Waals surface area (Å²) in [5.41, 5.74) is 1.91. The molecule has 0 unspecified atom stereocenters. The second-order valence-electron chi connectivity index (χ2n) is 6.13. The number of rotatable bonds is 3. The monoisotopic (exact) mass is 343 g/mol. The quantitative estimate of drug-likeness (QED) is 0.343. The number of ether oxygens (including phenoxy) is 2. The van der Waals surface area contributed by atoms with E-state index in [0.717, 1.165) is 5.69 Å². The van der Waals surface area contributed by atoms with Crippen molar-refractivity contribution < 1.29 is 19.7 Å². The highest BCUT2D eigenvalue weighted by molar-refractivity contribution is 6.11. The van der Waals surface area contributed by atoms with Gasteiger partial charge in [-0.1, -0.05) is 13.8 Å². The zero-order valence-corrected chi connectivity index (χ0v) is 14.4. The SMILES string of the molecule is CC(C)c1cc(C(=NN)N(C)c2ccc3c(c2)OCO3)c(O)cc1O. The number of hydrazone groups is 1. The Bertz CT molecular complexity index is 833. The van der Waals surface area contributed by atoms with Crippen molar-refractivity contribution in [2.45, 2.75) is 19.8 Å². The third-order valence-corrected chi connectivity index (χ3v) is 4.19. The number of hydrogen-bond donors (Lipinski definition) is 3. The summed E-state index contributed by atoms with van der Waals surface area (Å²) >= 11 is 0. The molecule has 0 bridgehead atoms. The Hall–Kier alpha value is -3.09. The van der Waals surface area contributed by atoms with Crippen molar-refractivity contribution in [3.8, 4) is 23.0 Å². The largest absolute Gasteiger partial charge is 0.508 e. The molecule has 0 radical (unpaired) electrons. The van der Waals surface area contributed by atoms with Gasteiger partial charge in [-0.15, -0.1) is 0 Å². The molecule has 2 aromatic carbocycles. The van der Waals surface area contributed by atoms with Crippen molar-refractivity contribution in [3.63, 3.8) is 0 Å². The number of benzene rings is 2. The number of hydrogen-bond acceptors (Lipinski definition) is 6. The van der Waals surface area contributed by atoms with Gasteiger partial charge in [0, 0.05) is 24.9 Å². The number of amidine groups is 1. The third kappa shape index (κ3) is 3.00. The van der Waals surface area contributed by atoms with Gasteiger partial charge in [0.2, 0.25) is 6.79 Å². The Balaban J connectivity index is 2.01. The van der Waals surface area contributed by atoms with Crippen LogP contribution in [-0.2, 0) is 0 Å². The summed E-state index contributed by atoms with van der Waals surface area (Å²) in [7, 11) is 1.78. The Labute approximate surface area is 145 Å². The topological polar surface area (TPSA) is 101 Å². The Morgan fingerprint density at radius 2 is 1.84 bits per heavy atom. The van der Waals surface area contributed by atoms with Crippen LogP contribution in [0.4, 0.5) is 5.69 Å². The van der Waals surface area contributed by atoms with Crippen LogP contribution in [0.3, 0.4) is 0 Å². The summed E-state index contributed by atoms with van der Waals surface area (Å²) in [6.07, 6.45) is 0. The van der Waals surface area contributed by atoms with Crippen molar-refractivity contribution >= 4 is 11.5 Å². The molecule has 2 aromatic rings. The number of fused-ring (bicyclic) bond motifs is 1. The molecule has 7 heteroatoms. The van der Waals surface area contributed by atoms with Gasteiger partial charge in [0.05, 0.1) is 5.56 Å². The predicted octanol–water partition coefficient (Wildman–Crippen LogP) is 2.71. The van der Waals surface area contributed by atoms with E-state index in [0.29, 0.717) is 28.5 Å². The van der Waals surface area contributed by atoms with Crippen LogP contribution in [0.25, 0.3) is 0 Å². The fourth-order valence-corrected chi connectivity index (χ4v) is 2.79. The van der Waals surface area contributed by atoms with E-state index in [9.17, 15) is 10.2 Å². The molecule has 0 aliphatic carbocycles. The molecule has 0 saturated heterocycles. The zero-order chi connectivity index (χ0) is 18.1. The Morgan fingerprint density at radius 3 is 2.52 bits per heavy atom. The zero-order valence-electron chi connectivity index (χ0n) is 14.4. The van der Waals surface area contributed by atoms with E-state index in [-0.39, 0.29) is 24.2 Å². The van der Waals surface area contributed by atoms with E-state index >= 15 is 0 Å².